The molecule has 2 aliphatic heterocycles. The molecule has 2 aliphatic rings. The normalized spacial score (nSPS) is 13.3. The summed E-state index contributed by atoms with van der Waals surface area (Å²) in [4.78, 5) is 65.8. The molecule has 0 atom stereocenters. The molecule has 0 aromatic heterocycles. The predicted molar refractivity (Wildman–Crippen MR) is 288 cm³/mol. The van der Waals surface area contributed by atoms with Crippen LogP contribution < -0.4 is 10.5 Å². The lowest BCUT2D eigenvalue weighted by Crippen LogP contribution is -2.34. The summed E-state index contributed by atoms with van der Waals surface area (Å²) in [7, 11) is 3.99. The smallest absolute Gasteiger partial charge is 0.250 e. The number of nitrogens with zero attached hydrogens (tertiary/aromatic N) is 5. The molecule has 0 saturated carbocycles. The van der Waals surface area contributed by atoms with Gasteiger partial charge in [0.15, 0.2) is 12.6 Å². The highest BCUT2D eigenvalue weighted by molar-refractivity contribution is 7.98. The maximum absolute atomic E-state index is 14.2. The summed E-state index contributed by atoms with van der Waals surface area (Å²) >= 11 is 10.4. The van der Waals surface area contributed by atoms with Crippen molar-refractivity contribution in [1.82, 2.24) is 19.4 Å². The van der Waals surface area contributed by atoms with Gasteiger partial charge in [0.1, 0.15) is 18.0 Å². The number of amidine groups is 2. The number of hydrogen-bond donors (Lipinski definition) is 2. The first-order valence-electron chi connectivity index (χ1n) is 22.8. The predicted octanol–water partition coefficient (Wildman–Crippen LogP) is 11.2. The van der Waals surface area contributed by atoms with Crippen LogP contribution in [0.2, 0.25) is 5.02 Å². The average Bonchev–Trinajstić information content (AvgIpc) is 3.64. The van der Waals surface area contributed by atoms with E-state index in [1.54, 1.807) is 11.8 Å². The van der Waals surface area contributed by atoms with Crippen LogP contribution in [0.5, 0.6) is 0 Å². The highest BCUT2D eigenvalue weighted by Gasteiger charge is 2.24. The summed E-state index contributed by atoms with van der Waals surface area (Å²) in [5.74, 6) is 2.64. The van der Waals surface area contributed by atoms with Gasteiger partial charge in [-0.1, -0.05) is 55.8 Å². The van der Waals surface area contributed by atoms with Gasteiger partial charge >= 0.3 is 0 Å². The average molecular weight is 971 g/mol. The van der Waals surface area contributed by atoms with E-state index >= 15 is 0 Å². The second kappa shape index (κ2) is 24.7. The number of nitrogens with two attached hydrogens (primary N) is 1. The third kappa shape index (κ3) is 13.3. The van der Waals surface area contributed by atoms with Crippen molar-refractivity contribution in [1.29, 1.82) is 0 Å². The van der Waals surface area contributed by atoms with Gasteiger partial charge in [0, 0.05) is 98.0 Å². The van der Waals surface area contributed by atoms with Gasteiger partial charge in [-0.3, -0.25) is 19.2 Å². The fourth-order valence-electron chi connectivity index (χ4n) is 7.93. The van der Waals surface area contributed by atoms with E-state index in [1.807, 2.05) is 117 Å². The van der Waals surface area contributed by atoms with Crippen molar-refractivity contribution in [3.8, 4) is 22.3 Å². The van der Waals surface area contributed by atoms with Gasteiger partial charge in [-0.15, -0.1) is 0 Å². The summed E-state index contributed by atoms with van der Waals surface area (Å²) in [6.07, 6.45) is 18.5. The Kier molecular flexibility index (Phi) is 18.6. The lowest BCUT2D eigenvalue weighted by atomic mass is 9.95. The molecule has 4 aromatic carbocycles. The molecule has 0 saturated heterocycles. The van der Waals surface area contributed by atoms with Crippen LogP contribution in [0, 0.1) is 6.92 Å². The lowest BCUT2D eigenvalue weighted by molar-refractivity contribution is -0.127. The molecule has 0 fully saturated rings. The molecule has 4 aromatic rings. The van der Waals surface area contributed by atoms with E-state index in [-0.39, 0.29) is 5.91 Å². The third-order valence-corrected chi connectivity index (χ3v) is 13.2. The van der Waals surface area contributed by atoms with E-state index in [1.165, 1.54) is 11.9 Å². The lowest BCUT2D eigenvalue weighted by Gasteiger charge is -2.23. The van der Waals surface area contributed by atoms with Crippen LogP contribution >= 0.6 is 35.3 Å². The molecule has 0 radical (unpaired) electrons. The Labute approximate surface area is 414 Å². The summed E-state index contributed by atoms with van der Waals surface area (Å²) in [6, 6.07) is 19.3. The van der Waals surface area contributed by atoms with Gasteiger partial charge in [0.2, 0.25) is 5.91 Å². The number of aldehydes is 3. The van der Waals surface area contributed by atoms with E-state index < -0.39 is 0 Å². The first kappa shape index (κ1) is 51.2. The molecule has 2 heterocycles. The van der Waals surface area contributed by atoms with Crippen molar-refractivity contribution in [2.75, 3.05) is 58.0 Å². The number of thioether (sulfide) groups is 1. The Hall–Kier alpha value is -6.15. The van der Waals surface area contributed by atoms with Gasteiger partial charge in [0.05, 0.1) is 16.4 Å². The summed E-state index contributed by atoms with van der Waals surface area (Å²) in [5.41, 5.74) is 17.4. The largest absolute Gasteiger partial charge is 0.387 e. The van der Waals surface area contributed by atoms with Crippen molar-refractivity contribution in [3.63, 3.8) is 0 Å². The number of carbonyl (C=O) groups is 4. The minimum absolute atomic E-state index is 0.0334. The van der Waals surface area contributed by atoms with Gasteiger partial charge < -0.3 is 25.2 Å². The van der Waals surface area contributed by atoms with Crippen LogP contribution in [0.1, 0.15) is 88.1 Å². The second-order valence-corrected chi connectivity index (χ2v) is 19.2. The maximum atomic E-state index is 14.2. The molecule has 0 bridgehead atoms. The zero-order chi connectivity index (χ0) is 48.7. The van der Waals surface area contributed by atoms with Crippen LogP contribution in [0.3, 0.4) is 0 Å². The van der Waals surface area contributed by atoms with Gasteiger partial charge in [-0.25, -0.2) is 9.98 Å². The second-order valence-electron chi connectivity index (χ2n) is 16.9. The molecule has 68 heavy (non-hydrogen) atoms. The van der Waals surface area contributed by atoms with Crippen molar-refractivity contribution in [2.45, 2.75) is 46.5 Å². The number of rotatable bonds is 21. The first-order valence-corrected chi connectivity index (χ1v) is 25.5. The standard InChI is InChI=1S/C54H60ClN7O4S2/c1-7-15-62(16-8-2)54(66)46-28-48-49(55)29-45(39-10-12-43(35-65)41(27-39)13-17-60(4)19-21-67-6)31-51(48)58-53(32-46)59-68-22-20-61(5)18-14-40-26-38(9-11-42(40)34-64)44-23-36(3)47-24-37(33-63)25-52(56)57-50(47)30-44/h9-14,17-18,23-24,26-31,33-35H,7-8,15-16,19-22,25,32H2,1-6H3,(H2,56,57)(H,58,59)/b17-13-,18-14-. The maximum Gasteiger partial charge on any atom is 0.250 e. The van der Waals surface area contributed by atoms with E-state index in [4.69, 9.17) is 22.3 Å². The first-order chi connectivity index (χ1) is 32.9. The van der Waals surface area contributed by atoms with E-state index in [9.17, 15) is 19.2 Å². The Morgan fingerprint density at radius 3 is 1.88 bits per heavy atom. The number of hydrogen-bond acceptors (Lipinski definition) is 12. The van der Waals surface area contributed by atoms with Gasteiger partial charge in [-0.05, 0) is 144 Å². The number of benzene rings is 4. The molecule has 3 N–H and O–H groups in total. The van der Waals surface area contributed by atoms with E-state index in [2.05, 4.69) is 45.7 Å². The zero-order valence-corrected chi connectivity index (χ0v) is 42.1. The fraction of sp³-hybridized carbons (Fsp3) is 0.296. The number of fused-ring (bicyclic) bond motifs is 2. The highest BCUT2D eigenvalue weighted by Crippen LogP contribution is 2.39. The summed E-state index contributed by atoms with van der Waals surface area (Å²) in [5, 5.41) is 0.474. The topological polar surface area (TPSA) is 141 Å². The number of carbonyl (C=O) groups excluding carboxylic acids is 4. The third-order valence-electron chi connectivity index (χ3n) is 11.6. The summed E-state index contributed by atoms with van der Waals surface area (Å²) < 4.78 is 3.47. The van der Waals surface area contributed by atoms with E-state index in [0.29, 0.717) is 94.1 Å². The molecule has 6 rings (SSSR count). The molecular formula is C54H60ClN7O4S2. The Morgan fingerprint density at radius 2 is 1.31 bits per heavy atom. The summed E-state index contributed by atoms with van der Waals surface area (Å²) in [6.45, 7) is 8.98. The van der Waals surface area contributed by atoms with Crippen molar-refractivity contribution in [2.24, 2.45) is 15.7 Å². The Bertz CT molecular complexity index is 2720. The van der Waals surface area contributed by atoms with Crippen LogP contribution in [0.4, 0.5) is 11.4 Å². The molecule has 14 heteroatoms. The van der Waals surface area contributed by atoms with Gasteiger partial charge in [-0.2, -0.15) is 11.8 Å². The Balaban J connectivity index is 1.21. The van der Waals surface area contributed by atoms with Crippen LogP contribution in [0.25, 0.3) is 46.6 Å². The van der Waals surface area contributed by atoms with Crippen LogP contribution in [-0.2, 0) is 9.59 Å². The number of aryl methyl sites for hydroxylation is 1. The SMILES string of the molecule is CCCN(CCC)C(=O)C1=Cc2c(Cl)cc(-c3ccc(C=O)c(/C=C\N(C)CCSC)c3)cc2N=C(NSCCN(C)/C=C\c2cc(-c3cc(C)c4c(c3)N=C(N)CC(C=O)=C4)ccc2C=O)C1. The fourth-order valence-corrected chi connectivity index (χ4v) is 9.43. The highest BCUT2D eigenvalue weighted by atomic mass is 35.5. The number of amides is 1. The number of aliphatic imine (C=N–C) groups is 2. The Morgan fingerprint density at radius 1 is 0.721 bits per heavy atom. The van der Waals surface area contributed by atoms with Crippen molar-refractivity contribution in [3.05, 3.63) is 128 Å². The van der Waals surface area contributed by atoms with Gasteiger partial charge in [0.25, 0.3) is 0 Å². The monoisotopic (exact) mass is 969 g/mol. The quantitative estimate of drug-likeness (QED) is 0.0471. The molecular weight excluding hydrogens is 910 g/mol. The van der Waals surface area contributed by atoms with Crippen molar-refractivity contribution < 1.29 is 19.2 Å². The van der Waals surface area contributed by atoms with E-state index in [0.717, 1.165) is 88.5 Å². The molecule has 1 amide bonds. The minimum atomic E-state index is -0.0334. The molecule has 0 aliphatic carbocycles. The molecule has 0 unspecified atom stereocenters. The van der Waals surface area contributed by atoms with Crippen molar-refractivity contribution >= 4 is 107 Å². The minimum Gasteiger partial charge on any atom is -0.387 e. The zero-order valence-electron chi connectivity index (χ0n) is 39.7. The number of halogens is 1. The van der Waals surface area contributed by atoms with Crippen LogP contribution in [0.15, 0.2) is 94.2 Å². The van der Waals surface area contributed by atoms with Crippen LogP contribution in [-0.4, -0.2) is 109 Å². The molecule has 354 valence electrons. The molecule has 11 nitrogen and oxygen atoms in total. The molecule has 0 spiro atoms. The number of nitrogens with one attached hydrogen (secondary N) is 1.